The molecule has 23 heavy (non-hydrogen) atoms. The maximum absolute atomic E-state index is 12.7. The molecule has 1 N–H and O–H groups in total. The number of rotatable bonds is 8. The van der Waals surface area contributed by atoms with Crippen LogP contribution in [0, 0.1) is 11.8 Å². The van der Waals surface area contributed by atoms with E-state index in [4.69, 9.17) is 4.74 Å². The molecule has 0 fully saturated rings. The fourth-order valence-electron chi connectivity index (χ4n) is 2.23. The van der Waals surface area contributed by atoms with Gasteiger partial charge in [-0.05, 0) is 5.92 Å². The van der Waals surface area contributed by atoms with Crippen molar-refractivity contribution in [1.29, 1.82) is 0 Å². The Kier molecular flexibility index (Phi) is 7.10. The van der Waals surface area contributed by atoms with Crippen LogP contribution >= 0.6 is 0 Å². The number of hydrogen-bond acceptors (Lipinski definition) is 5. The zero-order valence-corrected chi connectivity index (χ0v) is 14.3. The molecule has 1 aromatic carbocycles. The van der Waals surface area contributed by atoms with E-state index in [1.807, 2.05) is 13.8 Å². The summed E-state index contributed by atoms with van der Waals surface area (Å²) in [6.07, 6.45) is 0. The topological polar surface area (TPSA) is 72.5 Å². The van der Waals surface area contributed by atoms with Gasteiger partial charge in [0.15, 0.2) is 11.6 Å². The molecule has 0 saturated heterocycles. The summed E-state index contributed by atoms with van der Waals surface area (Å²) in [5, 5.41) is 2.91. The van der Waals surface area contributed by atoms with E-state index in [0.717, 1.165) is 0 Å². The van der Waals surface area contributed by atoms with Gasteiger partial charge in [0.2, 0.25) is 0 Å². The lowest BCUT2D eigenvalue weighted by atomic mass is 9.92. The lowest BCUT2D eigenvalue weighted by Crippen LogP contribution is -2.54. The van der Waals surface area contributed by atoms with E-state index in [9.17, 15) is 14.4 Å². The van der Waals surface area contributed by atoms with Crippen molar-refractivity contribution >= 4 is 17.5 Å². The number of carbonyl (C=O) groups excluding carboxylic acids is 3. The molecule has 0 aromatic heterocycles. The molecular formula is C18H25NO4. The van der Waals surface area contributed by atoms with Crippen molar-refractivity contribution < 1.29 is 19.1 Å². The van der Waals surface area contributed by atoms with E-state index >= 15 is 0 Å². The average molecular weight is 319 g/mol. The maximum atomic E-state index is 12.7. The van der Waals surface area contributed by atoms with Crippen LogP contribution in [-0.4, -0.2) is 36.7 Å². The first kappa shape index (κ1) is 19.0. The summed E-state index contributed by atoms with van der Waals surface area (Å²) in [5.74, 6) is -1.51. The molecule has 0 bridgehead atoms. The standard InChI is InChI=1S/C18H25NO4/c1-11(2)14(18(22)23-5)19-15(16(20)12(3)4)17(21)13-9-7-6-8-10-13/h6-12,14-15,19H,1-5H3. The zero-order valence-electron chi connectivity index (χ0n) is 14.3. The summed E-state index contributed by atoms with van der Waals surface area (Å²) in [4.78, 5) is 37.1. The van der Waals surface area contributed by atoms with Gasteiger partial charge in [-0.3, -0.25) is 19.7 Å². The number of esters is 1. The summed E-state index contributed by atoms with van der Waals surface area (Å²) in [6.45, 7) is 7.13. The number of ether oxygens (including phenoxy) is 1. The van der Waals surface area contributed by atoms with Gasteiger partial charge in [0.05, 0.1) is 7.11 Å². The first-order chi connectivity index (χ1) is 10.8. The molecule has 2 unspecified atom stereocenters. The highest BCUT2D eigenvalue weighted by Gasteiger charge is 2.34. The van der Waals surface area contributed by atoms with Crippen molar-refractivity contribution in [3.8, 4) is 0 Å². The third-order valence-corrected chi connectivity index (χ3v) is 3.64. The fourth-order valence-corrected chi connectivity index (χ4v) is 2.23. The van der Waals surface area contributed by atoms with Crippen molar-refractivity contribution in [2.45, 2.75) is 39.8 Å². The molecule has 0 aliphatic carbocycles. The molecule has 0 heterocycles. The van der Waals surface area contributed by atoms with E-state index in [0.29, 0.717) is 5.56 Å². The second kappa shape index (κ2) is 8.58. The molecule has 1 rings (SSSR count). The predicted octanol–water partition coefficient (Wildman–Crippen LogP) is 2.25. The Morgan fingerprint density at radius 1 is 1.00 bits per heavy atom. The van der Waals surface area contributed by atoms with E-state index in [1.54, 1.807) is 44.2 Å². The number of benzene rings is 1. The Hall–Kier alpha value is -2.01. The van der Waals surface area contributed by atoms with Crippen molar-refractivity contribution in [2.24, 2.45) is 11.8 Å². The van der Waals surface area contributed by atoms with Gasteiger partial charge in [0.25, 0.3) is 0 Å². The first-order valence-electron chi connectivity index (χ1n) is 7.76. The van der Waals surface area contributed by atoms with Gasteiger partial charge in [-0.15, -0.1) is 0 Å². The molecule has 0 spiro atoms. The summed E-state index contributed by atoms with van der Waals surface area (Å²) in [5.41, 5.74) is 0.436. The highest BCUT2D eigenvalue weighted by atomic mass is 16.5. The molecule has 5 nitrogen and oxygen atoms in total. The summed E-state index contributed by atoms with van der Waals surface area (Å²) in [6, 6.07) is 6.81. The zero-order chi connectivity index (χ0) is 17.6. The van der Waals surface area contributed by atoms with Crippen LogP contribution in [-0.2, 0) is 14.3 Å². The van der Waals surface area contributed by atoms with Gasteiger partial charge >= 0.3 is 5.97 Å². The molecule has 0 aliphatic rings. The van der Waals surface area contributed by atoms with Crippen LogP contribution in [0.4, 0.5) is 0 Å². The van der Waals surface area contributed by atoms with Crippen LogP contribution in [0.3, 0.4) is 0 Å². The second-order valence-corrected chi connectivity index (χ2v) is 6.13. The molecular weight excluding hydrogens is 294 g/mol. The molecule has 2 atom stereocenters. The van der Waals surface area contributed by atoms with Crippen molar-refractivity contribution in [2.75, 3.05) is 7.11 Å². The minimum absolute atomic E-state index is 0.117. The second-order valence-electron chi connectivity index (χ2n) is 6.13. The van der Waals surface area contributed by atoms with Crippen LogP contribution in [0.2, 0.25) is 0 Å². The third-order valence-electron chi connectivity index (χ3n) is 3.64. The maximum Gasteiger partial charge on any atom is 0.323 e. The number of methoxy groups -OCH3 is 1. The van der Waals surface area contributed by atoms with Crippen LogP contribution < -0.4 is 5.32 Å². The van der Waals surface area contributed by atoms with Crippen LogP contribution in [0.25, 0.3) is 0 Å². The van der Waals surface area contributed by atoms with E-state index in [2.05, 4.69) is 5.32 Å². The van der Waals surface area contributed by atoms with Crippen LogP contribution in [0.5, 0.6) is 0 Å². The number of hydrogen-bond donors (Lipinski definition) is 1. The first-order valence-corrected chi connectivity index (χ1v) is 7.76. The molecule has 0 amide bonds. The summed E-state index contributed by atoms with van der Waals surface area (Å²) in [7, 11) is 1.29. The van der Waals surface area contributed by atoms with Crippen molar-refractivity contribution in [3.05, 3.63) is 35.9 Å². The molecule has 5 heteroatoms. The van der Waals surface area contributed by atoms with Gasteiger partial charge < -0.3 is 4.74 Å². The highest BCUT2D eigenvalue weighted by molar-refractivity contribution is 6.14. The SMILES string of the molecule is COC(=O)C(NC(C(=O)c1ccccc1)C(=O)C(C)C)C(C)C. The summed E-state index contributed by atoms with van der Waals surface area (Å²) >= 11 is 0. The molecule has 0 saturated carbocycles. The number of carbonyl (C=O) groups is 3. The van der Waals surface area contributed by atoms with Crippen molar-refractivity contribution in [1.82, 2.24) is 5.32 Å². The number of nitrogens with one attached hydrogen (secondary N) is 1. The minimum atomic E-state index is -1.07. The number of ketones is 2. The normalized spacial score (nSPS) is 13.7. The quantitative estimate of drug-likeness (QED) is 0.452. The molecule has 0 radical (unpaired) electrons. The Labute approximate surface area is 137 Å². The molecule has 126 valence electrons. The lowest BCUT2D eigenvalue weighted by molar-refractivity contribution is -0.144. The lowest BCUT2D eigenvalue weighted by Gasteiger charge is -2.26. The van der Waals surface area contributed by atoms with Gasteiger partial charge in [-0.1, -0.05) is 58.0 Å². The van der Waals surface area contributed by atoms with Crippen LogP contribution in [0.15, 0.2) is 30.3 Å². The average Bonchev–Trinajstić information content (AvgIpc) is 2.54. The van der Waals surface area contributed by atoms with E-state index < -0.39 is 18.1 Å². The van der Waals surface area contributed by atoms with Crippen LogP contribution in [0.1, 0.15) is 38.1 Å². The smallest absolute Gasteiger partial charge is 0.323 e. The minimum Gasteiger partial charge on any atom is -0.468 e. The third kappa shape index (κ3) is 4.99. The van der Waals surface area contributed by atoms with Gasteiger partial charge in [0, 0.05) is 11.5 Å². The largest absolute Gasteiger partial charge is 0.468 e. The van der Waals surface area contributed by atoms with E-state index in [1.165, 1.54) is 7.11 Å². The Balaban J connectivity index is 3.13. The molecule has 1 aromatic rings. The number of Topliss-reactive ketones (excluding diaryl/α,β-unsaturated/α-hetero) is 2. The Morgan fingerprint density at radius 3 is 2.00 bits per heavy atom. The fraction of sp³-hybridized carbons (Fsp3) is 0.500. The van der Waals surface area contributed by atoms with Gasteiger partial charge in [0.1, 0.15) is 12.1 Å². The van der Waals surface area contributed by atoms with Gasteiger partial charge in [-0.25, -0.2) is 0 Å². The van der Waals surface area contributed by atoms with Gasteiger partial charge in [-0.2, -0.15) is 0 Å². The monoisotopic (exact) mass is 319 g/mol. The highest BCUT2D eigenvalue weighted by Crippen LogP contribution is 2.12. The summed E-state index contributed by atoms with van der Waals surface area (Å²) < 4.78 is 4.78. The van der Waals surface area contributed by atoms with Crippen molar-refractivity contribution in [3.63, 3.8) is 0 Å². The predicted molar refractivity (Wildman–Crippen MR) is 88.2 cm³/mol. The van der Waals surface area contributed by atoms with E-state index in [-0.39, 0.29) is 23.4 Å². The molecule has 0 aliphatic heterocycles. The Bertz CT molecular complexity index is 551. The Morgan fingerprint density at radius 2 is 1.57 bits per heavy atom.